The van der Waals surface area contributed by atoms with Gasteiger partial charge in [-0.25, -0.2) is 0 Å². The molecule has 0 saturated carbocycles. The minimum Gasteiger partial charge on any atom is -0.258 e. The highest BCUT2D eigenvalue weighted by molar-refractivity contribution is 6.32. The number of halogens is 1. The van der Waals surface area contributed by atoms with E-state index in [0.29, 0.717) is 0 Å². The van der Waals surface area contributed by atoms with Crippen LogP contribution in [-0.4, -0.2) is 4.92 Å². The van der Waals surface area contributed by atoms with E-state index >= 15 is 0 Å². The summed E-state index contributed by atoms with van der Waals surface area (Å²) in [5.41, 5.74) is 0.950. The molecule has 0 fully saturated rings. The molecule has 0 saturated heterocycles. The molecule has 0 heterocycles. The van der Waals surface area contributed by atoms with Gasteiger partial charge in [0.1, 0.15) is 5.02 Å². The molecule has 70 valence electrons. The van der Waals surface area contributed by atoms with Gasteiger partial charge in [0.2, 0.25) is 0 Å². The van der Waals surface area contributed by atoms with Crippen molar-refractivity contribution in [1.29, 1.82) is 0 Å². The maximum Gasteiger partial charge on any atom is 0.288 e. The Labute approximate surface area is 81.5 Å². The molecule has 0 atom stereocenters. The molecule has 0 radical (unpaired) electrons. The van der Waals surface area contributed by atoms with E-state index in [2.05, 4.69) is 0 Å². The first-order chi connectivity index (χ1) is 6.15. The summed E-state index contributed by atoms with van der Waals surface area (Å²) in [6.45, 7) is 2.03. The fourth-order valence-electron chi connectivity index (χ4n) is 1.14. The van der Waals surface area contributed by atoms with E-state index in [1.54, 1.807) is 6.07 Å². The first-order valence-corrected chi connectivity index (χ1v) is 4.45. The van der Waals surface area contributed by atoms with Crippen molar-refractivity contribution >= 4 is 17.3 Å². The van der Waals surface area contributed by atoms with Crippen LogP contribution in [0.1, 0.15) is 18.9 Å². The van der Waals surface area contributed by atoms with Gasteiger partial charge in [-0.15, -0.1) is 0 Å². The van der Waals surface area contributed by atoms with E-state index in [1.807, 2.05) is 13.0 Å². The van der Waals surface area contributed by atoms with E-state index in [1.165, 1.54) is 6.07 Å². The first kappa shape index (κ1) is 9.99. The highest BCUT2D eigenvalue weighted by Gasteiger charge is 2.11. The maximum atomic E-state index is 10.5. The predicted octanol–water partition coefficient (Wildman–Crippen LogP) is 3.20. The van der Waals surface area contributed by atoms with Gasteiger partial charge in [-0.3, -0.25) is 10.1 Å². The van der Waals surface area contributed by atoms with E-state index in [4.69, 9.17) is 11.6 Å². The average molecular weight is 200 g/mol. The van der Waals surface area contributed by atoms with Gasteiger partial charge in [0, 0.05) is 6.07 Å². The van der Waals surface area contributed by atoms with Crippen LogP contribution in [0, 0.1) is 10.1 Å². The monoisotopic (exact) mass is 199 g/mol. The minimum absolute atomic E-state index is 0.00684. The smallest absolute Gasteiger partial charge is 0.258 e. The number of nitro benzene ring substituents is 1. The van der Waals surface area contributed by atoms with E-state index in [9.17, 15) is 10.1 Å². The number of hydrogen-bond acceptors (Lipinski definition) is 2. The van der Waals surface area contributed by atoms with Crippen LogP contribution in [0.25, 0.3) is 0 Å². The molecule has 13 heavy (non-hydrogen) atoms. The Balaban J connectivity index is 3.04. The molecule has 0 aliphatic rings. The molecule has 0 amide bonds. The van der Waals surface area contributed by atoms with Crippen molar-refractivity contribution in [3.8, 4) is 0 Å². The quantitative estimate of drug-likeness (QED) is 0.554. The summed E-state index contributed by atoms with van der Waals surface area (Å²) >= 11 is 5.65. The molecule has 0 spiro atoms. The topological polar surface area (TPSA) is 43.1 Å². The van der Waals surface area contributed by atoms with Crippen molar-refractivity contribution in [3.63, 3.8) is 0 Å². The molecule has 1 aromatic rings. The lowest BCUT2D eigenvalue weighted by molar-refractivity contribution is -0.384. The molecule has 0 bridgehead atoms. The number of hydrogen-bond donors (Lipinski definition) is 0. The fraction of sp³-hybridized carbons (Fsp3) is 0.333. The lowest BCUT2D eigenvalue weighted by Gasteiger charge is -1.99. The third-order valence-corrected chi connectivity index (χ3v) is 2.07. The molecule has 4 heteroatoms. The largest absolute Gasteiger partial charge is 0.288 e. The average Bonchev–Trinajstić information content (AvgIpc) is 2.08. The summed E-state index contributed by atoms with van der Waals surface area (Å²) in [6.07, 6.45) is 1.82. The van der Waals surface area contributed by atoms with Crippen LogP contribution in [0.5, 0.6) is 0 Å². The summed E-state index contributed by atoms with van der Waals surface area (Å²) in [4.78, 5) is 10.0. The number of nitro groups is 1. The van der Waals surface area contributed by atoms with Crippen molar-refractivity contribution < 1.29 is 4.92 Å². The third kappa shape index (κ3) is 2.42. The zero-order valence-electron chi connectivity index (χ0n) is 7.29. The predicted molar refractivity (Wildman–Crippen MR) is 52.1 cm³/mol. The summed E-state index contributed by atoms with van der Waals surface area (Å²) in [7, 11) is 0. The second-order valence-electron chi connectivity index (χ2n) is 2.79. The van der Waals surface area contributed by atoms with Crippen molar-refractivity contribution in [3.05, 3.63) is 38.9 Å². The van der Waals surface area contributed by atoms with Crippen molar-refractivity contribution in [2.75, 3.05) is 0 Å². The lowest BCUT2D eigenvalue weighted by atomic mass is 10.1. The molecule has 0 aliphatic carbocycles. The van der Waals surface area contributed by atoms with E-state index < -0.39 is 4.92 Å². The lowest BCUT2D eigenvalue weighted by Crippen LogP contribution is -1.91. The van der Waals surface area contributed by atoms with Crippen LogP contribution in [0.15, 0.2) is 18.2 Å². The minimum atomic E-state index is -0.457. The molecule has 1 aromatic carbocycles. The number of benzene rings is 1. The molecule has 0 unspecified atom stereocenters. The Morgan fingerprint density at radius 1 is 1.54 bits per heavy atom. The van der Waals surface area contributed by atoms with Gasteiger partial charge in [-0.05, 0) is 18.1 Å². The molecule has 0 aromatic heterocycles. The van der Waals surface area contributed by atoms with Gasteiger partial charge in [0.15, 0.2) is 0 Å². The normalized spacial score (nSPS) is 10.0. The number of nitrogens with zero attached hydrogens (tertiary/aromatic N) is 1. The Hall–Kier alpha value is -1.09. The van der Waals surface area contributed by atoms with Gasteiger partial charge < -0.3 is 0 Å². The Kier molecular flexibility index (Phi) is 3.25. The Bertz CT molecular complexity index is 325. The Morgan fingerprint density at radius 2 is 2.23 bits per heavy atom. The van der Waals surface area contributed by atoms with Gasteiger partial charge in [0.05, 0.1) is 4.92 Å². The molecule has 0 aliphatic heterocycles. The summed E-state index contributed by atoms with van der Waals surface area (Å²) < 4.78 is 0. The Morgan fingerprint density at radius 3 is 2.77 bits per heavy atom. The first-order valence-electron chi connectivity index (χ1n) is 4.08. The maximum absolute atomic E-state index is 10.5. The van der Waals surface area contributed by atoms with Gasteiger partial charge in [-0.2, -0.15) is 0 Å². The van der Waals surface area contributed by atoms with Crippen molar-refractivity contribution in [1.82, 2.24) is 0 Å². The van der Waals surface area contributed by atoms with Gasteiger partial charge >= 0.3 is 0 Å². The van der Waals surface area contributed by atoms with Crippen molar-refractivity contribution in [2.24, 2.45) is 0 Å². The number of rotatable bonds is 3. The van der Waals surface area contributed by atoms with Crippen LogP contribution >= 0.6 is 11.6 Å². The highest BCUT2D eigenvalue weighted by Crippen LogP contribution is 2.25. The molecular weight excluding hydrogens is 190 g/mol. The SMILES string of the molecule is CCCc1ccc(Cl)c([N+](=O)[O-])c1. The van der Waals surface area contributed by atoms with Crippen LogP contribution in [0.2, 0.25) is 5.02 Å². The van der Waals surface area contributed by atoms with Crippen LogP contribution in [0.3, 0.4) is 0 Å². The van der Waals surface area contributed by atoms with Crippen LogP contribution < -0.4 is 0 Å². The van der Waals surface area contributed by atoms with E-state index in [0.717, 1.165) is 18.4 Å². The highest BCUT2D eigenvalue weighted by atomic mass is 35.5. The molecule has 0 N–H and O–H groups in total. The fourth-order valence-corrected chi connectivity index (χ4v) is 1.33. The molecule has 1 rings (SSSR count). The third-order valence-electron chi connectivity index (χ3n) is 1.75. The van der Waals surface area contributed by atoms with E-state index in [-0.39, 0.29) is 10.7 Å². The van der Waals surface area contributed by atoms with Crippen LogP contribution in [0.4, 0.5) is 5.69 Å². The standard InChI is InChI=1S/C9H10ClNO2/c1-2-3-7-4-5-8(10)9(6-7)11(12)13/h4-6H,2-3H2,1H3. The van der Waals surface area contributed by atoms with Gasteiger partial charge in [0.25, 0.3) is 5.69 Å². The van der Waals surface area contributed by atoms with Crippen molar-refractivity contribution in [2.45, 2.75) is 19.8 Å². The summed E-state index contributed by atoms with van der Waals surface area (Å²) in [5.74, 6) is 0. The summed E-state index contributed by atoms with van der Waals surface area (Å²) in [5, 5.41) is 10.7. The second-order valence-corrected chi connectivity index (χ2v) is 3.20. The summed E-state index contributed by atoms with van der Waals surface area (Å²) in [6, 6.07) is 4.93. The zero-order chi connectivity index (χ0) is 9.84. The molecule has 3 nitrogen and oxygen atoms in total. The zero-order valence-corrected chi connectivity index (χ0v) is 8.04. The number of aryl methyl sites for hydroxylation is 1. The molecular formula is C9H10ClNO2. The van der Waals surface area contributed by atoms with Crippen LogP contribution in [-0.2, 0) is 6.42 Å². The van der Waals surface area contributed by atoms with Gasteiger partial charge in [-0.1, -0.05) is 31.0 Å². The second kappa shape index (κ2) is 4.23.